The molecule has 0 N–H and O–H groups in total. The topological polar surface area (TPSA) is 46.6 Å². The van der Waals surface area contributed by atoms with Crippen LogP contribution in [0.25, 0.3) is 0 Å². The van der Waals surface area contributed by atoms with E-state index in [0.717, 1.165) is 17.7 Å². The Bertz CT molecular complexity index is 521. The first-order chi connectivity index (χ1) is 8.80. The van der Waals surface area contributed by atoms with Crippen molar-refractivity contribution in [3.8, 4) is 5.75 Å². The highest BCUT2D eigenvalue weighted by atomic mass is 32.2. The number of sulfonamides is 1. The largest absolute Gasteiger partial charge is 0.493 e. The van der Waals surface area contributed by atoms with Gasteiger partial charge in [0.25, 0.3) is 0 Å². The third-order valence-corrected chi connectivity index (χ3v) is 4.65. The fourth-order valence-electron chi connectivity index (χ4n) is 1.69. The van der Waals surface area contributed by atoms with Crippen molar-refractivity contribution in [2.75, 3.05) is 20.7 Å². The highest BCUT2D eigenvalue weighted by molar-refractivity contribution is 7.89. The van der Waals surface area contributed by atoms with Crippen molar-refractivity contribution < 1.29 is 13.2 Å². The van der Waals surface area contributed by atoms with Crippen LogP contribution in [0.15, 0.2) is 23.1 Å². The van der Waals surface area contributed by atoms with Crippen LogP contribution in [-0.2, 0) is 10.0 Å². The minimum absolute atomic E-state index is 0.212. The number of hydrogen-bond donors (Lipinski definition) is 0. The zero-order valence-corrected chi connectivity index (χ0v) is 13.1. The predicted molar refractivity (Wildman–Crippen MR) is 77.2 cm³/mol. The van der Waals surface area contributed by atoms with Gasteiger partial charge in [-0.25, -0.2) is 12.7 Å². The van der Waals surface area contributed by atoms with Gasteiger partial charge in [-0.3, -0.25) is 0 Å². The molecule has 0 fully saturated rings. The number of ether oxygens (including phenoxy) is 1. The van der Waals surface area contributed by atoms with Crippen LogP contribution >= 0.6 is 0 Å². The molecule has 0 aromatic heterocycles. The van der Waals surface area contributed by atoms with Gasteiger partial charge < -0.3 is 4.74 Å². The first kappa shape index (κ1) is 16.0. The predicted octanol–water partition coefficient (Wildman–Crippen LogP) is 2.85. The van der Waals surface area contributed by atoms with E-state index >= 15 is 0 Å². The molecule has 19 heavy (non-hydrogen) atoms. The smallest absolute Gasteiger partial charge is 0.242 e. The first-order valence-corrected chi connectivity index (χ1v) is 7.94. The summed E-state index contributed by atoms with van der Waals surface area (Å²) >= 11 is 0. The highest BCUT2D eigenvalue weighted by Crippen LogP contribution is 2.30. The molecule has 4 nitrogen and oxygen atoms in total. The molecule has 0 spiro atoms. The van der Waals surface area contributed by atoms with Crippen molar-refractivity contribution in [1.82, 2.24) is 4.31 Å². The first-order valence-electron chi connectivity index (χ1n) is 6.50. The normalized spacial score (nSPS) is 12.2. The average Bonchev–Trinajstić information content (AvgIpc) is 2.35. The Hall–Kier alpha value is -1.07. The maximum Gasteiger partial charge on any atom is 0.242 e. The van der Waals surface area contributed by atoms with Crippen molar-refractivity contribution in [3.05, 3.63) is 23.8 Å². The maximum absolute atomic E-state index is 12.1. The Morgan fingerprint density at radius 1 is 1.26 bits per heavy atom. The van der Waals surface area contributed by atoms with Crippen LogP contribution in [0, 0.1) is 0 Å². The summed E-state index contributed by atoms with van der Waals surface area (Å²) in [6.45, 7) is 6.74. The van der Waals surface area contributed by atoms with E-state index in [2.05, 4.69) is 0 Å². The standard InChI is InChI=1S/C14H23NO3S/c1-6-9-18-14-8-7-12(10-13(14)11(2)3)19(16,17)15(4)5/h7-8,10-11H,6,9H2,1-5H3. The number of hydrogen-bond acceptors (Lipinski definition) is 3. The molecule has 0 heterocycles. The monoisotopic (exact) mass is 285 g/mol. The van der Waals surface area contributed by atoms with E-state index in [1.807, 2.05) is 20.8 Å². The van der Waals surface area contributed by atoms with E-state index in [9.17, 15) is 8.42 Å². The molecular formula is C14H23NO3S. The molecule has 0 amide bonds. The molecule has 0 atom stereocenters. The minimum atomic E-state index is -3.39. The van der Waals surface area contributed by atoms with Gasteiger partial charge in [-0.2, -0.15) is 0 Å². The van der Waals surface area contributed by atoms with Crippen molar-refractivity contribution in [1.29, 1.82) is 0 Å². The van der Waals surface area contributed by atoms with Crippen LogP contribution in [0.2, 0.25) is 0 Å². The number of rotatable bonds is 6. The van der Waals surface area contributed by atoms with Gasteiger partial charge in [0.1, 0.15) is 5.75 Å². The van der Waals surface area contributed by atoms with Crippen LogP contribution in [0.4, 0.5) is 0 Å². The SMILES string of the molecule is CCCOc1ccc(S(=O)(=O)N(C)C)cc1C(C)C. The zero-order chi connectivity index (χ0) is 14.6. The molecule has 0 aliphatic rings. The zero-order valence-electron chi connectivity index (χ0n) is 12.3. The number of nitrogens with zero attached hydrogens (tertiary/aromatic N) is 1. The summed E-state index contributed by atoms with van der Waals surface area (Å²) in [6, 6.07) is 5.07. The lowest BCUT2D eigenvalue weighted by Gasteiger charge is -2.17. The van der Waals surface area contributed by atoms with Gasteiger partial charge in [0.15, 0.2) is 0 Å². The van der Waals surface area contributed by atoms with E-state index in [4.69, 9.17) is 4.74 Å². The Kier molecular flexibility index (Phi) is 5.38. The quantitative estimate of drug-likeness (QED) is 0.807. The molecule has 5 heteroatoms. The summed E-state index contributed by atoms with van der Waals surface area (Å²) in [5.41, 5.74) is 0.927. The molecule has 0 saturated heterocycles. The van der Waals surface area contributed by atoms with Crippen LogP contribution in [0.3, 0.4) is 0 Å². The number of benzene rings is 1. The lowest BCUT2D eigenvalue weighted by Crippen LogP contribution is -2.22. The van der Waals surface area contributed by atoms with Gasteiger partial charge in [-0.1, -0.05) is 20.8 Å². The van der Waals surface area contributed by atoms with Crippen LogP contribution in [0.1, 0.15) is 38.7 Å². The van der Waals surface area contributed by atoms with Crippen LogP contribution < -0.4 is 4.74 Å². The molecule has 0 unspecified atom stereocenters. The van der Waals surface area contributed by atoms with Gasteiger partial charge in [0, 0.05) is 14.1 Å². The molecule has 1 aromatic rings. The Balaban J connectivity index is 3.24. The third-order valence-electron chi connectivity index (χ3n) is 2.84. The lowest BCUT2D eigenvalue weighted by molar-refractivity contribution is 0.312. The van der Waals surface area contributed by atoms with Crippen LogP contribution in [-0.4, -0.2) is 33.4 Å². The third kappa shape index (κ3) is 3.70. The molecule has 1 aromatic carbocycles. The van der Waals surface area contributed by atoms with Crippen molar-refractivity contribution in [2.45, 2.75) is 38.0 Å². The summed E-state index contributed by atoms with van der Waals surface area (Å²) in [6.07, 6.45) is 0.926. The van der Waals surface area contributed by atoms with Gasteiger partial charge in [-0.15, -0.1) is 0 Å². The molecule has 0 radical (unpaired) electrons. The second-order valence-corrected chi connectivity index (χ2v) is 7.14. The summed E-state index contributed by atoms with van der Waals surface area (Å²) < 4.78 is 31.1. The maximum atomic E-state index is 12.1. The molecule has 0 aliphatic heterocycles. The van der Waals surface area contributed by atoms with E-state index in [1.54, 1.807) is 18.2 Å². The Morgan fingerprint density at radius 3 is 2.37 bits per heavy atom. The van der Waals surface area contributed by atoms with Crippen molar-refractivity contribution in [2.24, 2.45) is 0 Å². The summed E-state index contributed by atoms with van der Waals surface area (Å²) in [5, 5.41) is 0. The Labute approximate surface area is 116 Å². The van der Waals surface area contributed by atoms with Gasteiger partial charge in [0.2, 0.25) is 10.0 Å². The van der Waals surface area contributed by atoms with E-state index in [0.29, 0.717) is 11.5 Å². The fourth-order valence-corrected chi connectivity index (χ4v) is 2.63. The summed E-state index contributed by atoms with van der Waals surface area (Å²) in [5.74, 6) is 0.985. The average molecular weight is 285 g/mol. The summed E-state index contributed by atoms with van der Waals surface area (Å²) in [7, 11) is -0.325. The molecule has 0 saturated carbocycles. The fraction of sp³-hybridized carbons (Fsp3) is 0.571. The molecule has 108 valence electrons. The minimum Gasteiger partial charge on any atom is -0.493 e. The van der Waals surface area contributed by atoms with Gasteiger partial charge in [-0.05, 0) is 36.1 Å². The second-order valence-electron chi connectivity index (χ2n) is 4.99. The molecule has 1 rings (SSSR count). The van der Waals surface area contributed by atoms with Crippen LogP contribution in [0.5, 0.6) is 5.75 Å². The van der Waals surface area contributed by atoms with E-state index in [1.165, 1.54) is 18.4 Å². The van der Waals surface area contributed by atoms with E-state index < -0.39 is 10.0 Å². The van der Waals surface area contributed by atoms with Gasteiger partial charge >= 0.3 is 0 Å². The van der Waals surface area contributed by atoms with E-state index in [-0.39, 0.29) is 5.92 Å². The van der Waals surface area contributed by atoms with Crippen molar-refractivity contribution >= 4 is 10.0 Å². The second kappa shape index (κ2) is 6.39. The highest BCUT2D eigenvalue weighted by Gasteiger charge is 2.20. The van der Waals surface area contributed by atoms with Gasteiger partial charge in [0.05, 0.1) is 11.5 Å². The lowest BCUT2D eigenvalue weighted by atomic mass is 10.0. The molecule has 0 bridgehead atoms. The molecule has 0 aliphatic carbocycles. The molecular weight excluding hydrogens is 262 g/mol. The van der Waals surface area contributed by atoms with Crippen molar-refractivity contribution in [3.63, 3.8) is 0 Å². The Morgan fingerprint density at radius 2 is 1.89 bits per heavy atom. The summed E-state index contributed by atoms with van der Waals surface area (Å²) in [4.78, 5) is 0.310.